The van der Waals surface area contributed by atoms with Gasteiger partial charge in [-0.15, -0.1) is 0 Å². The van der Waals surface area contributed by atoms with Gasteiger partial charge in [0, 0.05) is 24.7 Å². The van der Waals surface area contributed by atoms with E-state index in [1.165, 1.54) is 6.33 Å². The third-order valence-corrected chi connectivity index (χ3v) is 4.60. The van der Waals surface area contributed by atoms with Gasteiger partial charge in [0.05, 0.1) is 32.3 Å². The number of anilines is 1. The van der Waals surface area contributed by atoms with Crippen LogP contribution in [0.2, 0.25) is 0 Å². The van der Waals surface area contributed by atoms with Crippen molar-refractivity contribution < 1.29 is 14.6 Å². The van der Waals surface area contributed by atoms with E-state index in [0.717, 1.165) is 33.7 Å². The number of aryl methyl sites for hydroxylation is 1. The summed E-state index contributed by atoms with van der Waals surface area (Å²) in [6.45, 7) is 0.950. The number of β-amino-alcohol motifs (C(OH)–C–C–N with tert-alkyl or cyclic N) is 1. The van der Waals surface area contributed by atoms with Crippen LogP contribution in [0.3, 0.4) is 0 Å². The molecule has 0 bridgehead atoms. The van der Waals surface area contributed by atoms with Crippen LogP contribution in [-0.2, 0) is 13.6 Å². The van der Waals surface area contributed by atoms with Crippen molar-refractivity contribution in [1.82, 2.24) is 19.7 Å². The quantitative estimate of drug-likeness (QED) is 0.771. The second kappa shape index (κ2) is 5.89. The molecule has 4 rings (SSSR count). The van der Waals surface area contributed by atoms with Crippen LogP contribution in [-0.4, -0.2) is 45.6 Å². The summed E-state index contributed by atoms with van der Waals surface area (Å²) in [5, 5.41) is 15.9. The highest BCUT2D eigenvalue weighted by Gasteiger charge is 2.31. The third-order valence-electron chi connectivity index (χ3n) is 4.60. The van der Waals surface area contributed by atoms with Crippen LogP contribution in [0.15, 0.2) is 24.7 Å². The number of rotatable bonds is 3. The number of methoxy groups -OCH3 is 2. The minimum atomic E-state index is -0.713. The summed E-state index contributed by atoms with van der Waals surface area (Å²) in [5.41, 5.74) is 2.42. The maximum absolute atomic E-state index is 10.8. The van der Waals surface area contributed by atoms with Gasteiger partial charge in [-0.2, -0.15) is 5.10 Å². The summed E-state index contributed by atoms with van der Waals surface area (Å²) < 4.78 is 12.6. The third kappa shape index (κ3) is 2.37. The Labute approximate surface area is 144 Å². The molecule has 1 aromatic carbocycles. The van der Waals surface area contributed by atoms with Gasteiger partial charge < -0.3 is 19.5 Å². The Morgan fingerprint density at radius 3 is 2.68 bits per heavy atom. The first kappa shape index (κ1) is 15.6. The zero-order valence-electron chi connectivity index (χ0n) is 14.3. The van der Waals surface area contributed by atoms with Crippen LogP contribution in [0.5, 0.6) is 11.5 Å². The maximum atomic E-state index is 10.8. The molecule has 1 unspecified atom stereocenters. The first-order chi connectivity index (χ1) is 12.1. The number of nitrogens with zero attached hydrogens (tertiary/aromatic N) is 5. The Kier molecular flexibility index (Phi) is 3.69. The van der Waals surface area contributed by atoms with Gasteiger partial charge in [-0.05, 0) is 12.1 Å². The lowest BCUT2D eigenvalue weighted by Gasteiger charge is -2.34. The van der Waals surface area contributed by atoms with Gasteiger partial charge in [0.2, 0.25) is 0 Å². The Bertz CT molecular complexity index is 939. The SMILES string of the molecule is COc1ccc(OC)c2c1CN(c1ncnc3c1cnn3C)CC2O. The van der Waals surface area contributed by atoms with Crippen LogP contribution in [0.25, 0.3) is 11.0 Å². The zero-order chi connectivity index (χ0) is 17.6. The van der Waals surface area contributed by atoms with E-state index >= 15 is 0 Å². The Morgan fingerprint density at radius 1 is 1.16 bits per heavy atom. The summed E-state index contributed by atoms with van der Waals surface area (Å²) >= 11 is 0. The summed E-state index contributed by atoms with van der Waals surface area (Å²) in [5.74, 6) is 2.13. The predicted molar refractivity (Wildman–Crippen MR) is 91.9 cm³/mol. The van der Waals surface area contributed by atoms with Gasteiger partial charge in [-0.25, -0.2) is 9.97 Å². The maximum Gasteiger partial charge on any atom is 0.163 e. The fourth-order valence-electron chi connectivity index (χ4n) is 3.44. The van der Waals surface area contributed by atoms with Crippen LogP contribution in [0.4, 0.5) is 5.82 Å². The molecular formula is C17H19N5O3. The average molecular weight is 341 g/mol. The van der Waals surface area contributed by atoms with E-state index in [2.05, 4.69) is 15.1 Å². The van der Waals surface area contributed by atoms with Crippen molar-refractivity contribution in [2.24, 2.45) is 7.05 Å². The molecule has 0 amide bonds. The second-order valence-corrected chi connectivity index (χ2v) is 5.96. The fraction of sp³-hybridized carbons (Fsp3) is 0.353. The van der Waals surface area contributed by atoms with E-state index < -0.39 is 6.10 Å². The highest BCUT2D eigenvalue weighted by molar-refractivity contribution is 5.86. The molecule has 25 heavy (non-hydrogen) atoms. The molecule has 0 saturated heterocycles. The fourth-order valence-corrected chi connectivity index (χ4v) is 3.44. The Hall–Kier alpha value is -2.87. The number of aliphatic hydroxyl groups excluding tert-OH is 1. The normalized spacial score (nSPS) is 16.8. The lowest BCUT2D eigenvalue weighted by atomic mass is 9.95. The number of benzene rings is 1. The lowest BCUT2D eigenvalue weighted by molar-refractivity contribution is 0.169. The number of aliphatic hydroxyl groups is 1. The molecule has 1 aliphatic rings. The molecule has 2 aromatic heterocycles. The molecule has 1 atom stereocenters. The van der Waals surface area contributed by atoms with Crippen molar-refractivity contribution in [2.75, 3.05) is 25.7 Å². The minimum absolute atomic E-state index is 0.400. The topological polar surface area (TPSA) is 85.5 Å². The number of ether oxygens (including phenoxy) is 2. The molecule has 0 spiro atoms. The van der Waals surface area contributed by atoms with Crippen molar-refractivity contribution in [3.8, 4) is 11.5 Å². The van der Waals surface area contributed by atoms with Gasteiger partial charge in [0.1, 0.15) is 29.7 Å². The molecule has 3 aromatic rings. The van der Waals surface area contributed by atoms with E-state index in [0.29, 0.717) is 18.8 Å². The summed E-state index contributed by atoms with van der Waals surface area (Å²) in [7, 11) is 5.07. The van der Waals surface area contributed by atoms with Gasteiger partial charge in [0.15, 0.2) is 5.65 Å². The van der Waals surface area contributed by atoms with Crippen molar-refractivity contribution in [1.29, 1.82) is 0 Å². The van der Waals surface area contributed by atoms with Gasteiger partial charge in [-0.3, -0.25) is 4.68 Å². The standard InChI is InChI=1S/C17H19N5O3/c1-21-16-10(6-20-21)17(19-9-18-16)22-7-11-13(24-2)4-5-14(25-3)15(11)12(23)8-22/h4-6,9,12,23H,7-8H2,1-3H3. The number of hydrogen-bond acceptors (Lipinski definition) is 7. The molecular weight excluding hydrogens is 322 g/mol. The molecule has 8 heteroatoms. The van der Waals surface area contributed by atoms with Crippen molar-refractivity contribution in [2.45, 2.75) is 12.6 Å². The lowest BCUT2D eigenvalue weighted by Crippen LogP contribution is -2.34. The van der Waals surface area contributed by atoms with Crippen molar-refractivity contribution in [3.05, 3.63) is 35.8 Å². The van der Waals surface area contributed by atoms with Crippen LogP contribution in [0, 0.1) is 0 Å². The Morgan fingerprint density at radius 2 is 1.92 bits per heavy atom. The van der Waals surface area contributed by atoms with Crippen LogP contribution in [0.1, 0.15) is 17.2 Å². The van der Waals surface area contributed by atoms with E-state index in [4.69, 9.17) is 9.47 Å². The molecule has 3 heterocycles. The average Bonchev–Trinajstić information content (AvgIpc) is 3.02. The minimum Gasteiger partial charge on any atom is -0.496 e. The number of fused-ring (bicyclic) bond motifs is 2. The van der Waals surface area contributed by atoms with E-state index in [1.807, 2.05) is 24.1 Å². The smallest absolute Gasteiger partial charge is 0.163 e. The molecule has 0 aliphatic carbocycles. The van der Waals surface area contributed by atoms with Crippen LogP contribution < -0.4 is 14.4 Å². The van der Waals surface area contributed by atoms with Gasteiger partial charge in [0.25, 0.3) is 0 Å². The number of hydrogen-bond donors (Lipinski definition) is 1. The molecule has 130 valence electrons. The van der Waals surface area contributed by atoms with Gasteiger partial charge in [-0.1, -0.05) is 0 Å². The predicted octanol–water partition coefficient (Wildman–Crippen LogP) is 1.43. The first-order valence-electron chi connectivity index (χ1n) is 7.93. The summed E-state index contributed by atoms with van der Waals surface area (Å²) in [4.78, 5) is 10.7. The molecule has 8 nitrogen and oxygen atoms in total. The highest BCUT2D eigenvalue weighted by atomic mass is 16.5. The molecule has 1 N–H and O–H groups in total. The summed E-state index contributed by atoms with van der Waals surface area (Å²) in [6, 6.07) is 3.67. The van der Waals surface area contributed by atoms with Gasteiger partial charge >= 0.3 is 0 Å². The highest BCUT2D eigenvalue weighted by Crippen LogP contribution is 2.41. The van der Waals surface area contributed by atoms with Crippen molar-refractivity contribution in [3.63, 3.8) is 0 Å². The largest absolute Gasteiger partial charge is 0.496 e. The van der Waals surface area contributed by atoms with Crippen LogP contribution >= 0.6 is 0 Å². The molecule has 1 aliphatic heterocycles. The summed E-state index contributed by atoms with van der Waals surface area (Å²) in [6.07, 6.45) is 2.55. The molecule has 0 fully saturated rings. The van der Waals surface area contributed by atoms with E-state index in [1.54, 1.807) is 25.1 Å². The number of aromatic nitrogens is 4. The van der Waals surface area contributed by atoms with Crippen molar-refractivity contribution >= 4 is 16.9 Å². The molecule has 0 radical (unpaired) electrons. The first-order valence-corrected chi connectivity index (χ1v) is 7.93. The van der Waals surface area contributed by atoms with E-state index in [9.17, 15) is 5.11 Å². The van der Waals surface area contributed by atoms with E-state index in [-0.39, 0.29) is 0 Å². The monoisotopic (exact) mass is 341 g/mol. The second-order valence-electron chi connectivity index (χ2n) is 5.96. The Balaban J connectivity index is 1.83. The molecule has 0 saturated carbocycles. The zero-order valence-corrected chi connectivity index (χ0v) is 14.3.